The van der Waals surface area contributed by atoms with E-state index in [0.717, 1.165) is 24.2 Å². The van der Waals surface area contributed by atoms with Crippen LogP contribution in [0.25, 0.3) is 6.08 Å². The lowest BCUT2D eigenvalue weighted by molar-refractivity contribution is -0.126. The Bertz CT molecular complexity index is 971. The number of anilines is 2. The second kappa shape index (κ2) is 7.95. The molecule has 0 bridgehead atoms. The molecule has 0 radical (unpaired) electrons. The number of hydrogen-bond donors (Lipinski definition) is 2. The molecule has 28 heavy (non-hydrogen) atoms. The molecule has 1 saturated heterocycles. The molecule has 3 aromatic heterocycles. The second-order valence-electron chi connectivity index (χ2n) is 6.47. The van der Waals surface area contributed by atoms with Crippen molar-refractivity contribution in [2.75, 3.05) is 11.9 Å². The quantitative estimate of drug-likeness (QED) is 0.658. The topological polar surface area (TPSA) is 113 Å². The van der Waals surface area contributed by atoms with E-state index in [9.17, 15) is 4.79 Å². The van der Waals surface area contributed by atoms with Crippen LogP contribution in [0.15, 0.2) is 43.3 Å². The van der Waals surface area contributed by atoms with E-state index in [0.29, 0.717) is 24.0 Å². The molecular formula is C19H20N8O. The first kappa shape index (κ1) is 17.8. The molecule has 4 heterocycles. The molecule has 0 spiro atoms. The molecule has 1 fully saturated rings. The smallest absolute Gasteiger partial charge is 0.247 e. The van der Waals surface area contributed by atoms with E-state index in [1.54, 1.807) is 43.3 Å². The minimum atomic E-state index is -0.0805. The molecule has 1 aliphatic heterocycles. The summed E-state index contributed by atoms with van der Waals surface area (Å²) in [4.78, 5) is 38.7. The van der Waals surface area contributed by atoms with E-state index in [4.69, 9.17) is 0 Å². The number of imidazole rings is 1. The highest BCUT2D eigenvalue weighted by molar-refractivity contribution is 5.92. The fourth-order valence-corrected chi connectivity index (χ4v) is 3.27. The Balaban J connectivity index is 1.54. The molecule has 1 unspecified atom stereocenters. The van der Waals surface area contributed by atoms with Gasteiger partial charge in [0.1, 0.15) is 17.5 Å². The number of aromatic amines is 1. The SMILES string of the molecule is Cc1nc(Nc2cnccn2)cc(C2CCCN2C(=O)/C=C/c2cnc[nH]2)n1. The number of hydrogen-bond acceptors (Lipinski definition) is 7. The monoisotopic (exact) mass is 376 g/mol. The van der Waals surface area contributed by atoms with Crippen molar-refractivity contribution in [3.05, 3.63) is 60.5 Å². The Labute approximate surface area is 162 Å². The lowest BCUT2D eigenvalue weighted by Gasteiger charge is -2.23. The first-order valence-corrected chi connectivity index (χ1v) is 9.05. The average Bonchev–Trinajstić information content (AvgIpc) is 3.38. The molecular weight excluding hydrogens is 356 g/mol. The average molecular weight is 376 g/mol. The second-order valence-corrected chi connectivity index (χ2v) is 6.47. The third-order valence-corrected chi connectivity index (χ3v) is 4.48. The molecule has 0 aromatic carbocycles. The van der Waals surface area contributed by atoms with Crippen LogP contribution < -0.4 is 5.32 Å². The van der Waals surface area contributed by atoms with Crippen LogP contribution in [0.2, 0.25) is 0 Å². The van der Waals surface area contributed by atoms with Crippen LogP contribution in [0, 0.1) is 6.92 Å². The zero-order chi connectivity index (χ0) is 19.3. The predicted octanol–water partition coefficient (Wildman–Crippen LogP) is 2.42. The van der Waals surface area contributed by atoms with E-state index >= 15 is 0 Å². The van der Waals surface area contributed by atoms with E-state index in [1.165, 1.54) is 0 Å². The number of amides is 1. The van der Waals surface area contributed by atoms with E-state index in [-0.39, 0.29) is 11.9 Å². The molecule has 142 valence electrons. The highest BCUT2D eigenvalue weighted by Gasteiger charge is 2.30. The van der Waals surface area contributed by atoms with Gasteiger partial charge in [-0.1, -0.05) is 0 Å². The zero-order valence-corrected chi connectivity index (χ0v) is 15.4. The number of H-pyrrole nitrogens is 1. The summed E-state index contributed by atoms with van der Waals surface area (Å²) in [7, 11) is 0. The molecule has 0 aliphatic carbocycles. The number of rotatable bonds is 5. The summed E-state index contributed by atoms with van der Waals surface area (Å²) in [6.07, 6.45) is 13.2. The van der Waals surface area contributed by atoms with Gasteiger partial charge < -0.3 is 15.2 Å². The van der Waals surface area contributed by atoms with Crippen molar-refractivity contribution in [2.45, 2.75) is 25.8 Å². The van der Waals surface area contributed by atoms with E-state index in [1.807, 2.05) is 17.9 Å². The summed E-state index contributed by atoms with van der Waals surface area (Å²) >= 11 is 0. The Morgan fingerprint density at radius 1 is 1.25 bits per heavy atom. The number of carbonyl (C=O) groups is 1. The summed E-state index contributed by atoms with van der Waals surface area (Å²) < 4.78 is 0. The number of likely N-dealkylation sites (tertiary alicyclic amines) is 1. The molecule has 3 aromatic rings. The maximum Gasteiger partial charge on any atom is 0.247 e. The third-order valence-electron chi connectivity index (χ3n) is 4.48. The zero-order valence-electron chi connectivity index (χ0n) is 15.4. The molecule has 2 N–H and O–H groups in total. The molecule has 1 atom stereocenters. The third kappa shape index (κ3) is 4.03. The lowest BCUT2D eigenvalue weighted by atomic mass is 10.1. The van der Waals surface area contributed by atoms with Gasteiger partial charge in [0.2, 0.25) is 5.91 Å². The van der Waals surface area contributed by atoms with Gasteiger partial charge in [-0.2, -0.15) is 0 Å². The van der Waals surface area contributed by atoms with Gasteiger partial charge in [0.25, 0.3) is 0 Å². The first-order valence-electron chi connectivity index (χ1n) is 9.05. The lowest BCUT2D eigenvalue weighted by Crippen LogP contribution is -2.29. The highest BCUT2D eigenvalue weighted by Crippen LogP contribution is 2.32. The van der Waals surface area contributed by atoms with E-state index < -0.39 is 0 Å². The van der Waals surface area contributed by atoms with Gasteiger partial charge in [0, 0.05) is 31.1 Å². The van der Waals surface area contributed by atoms with Gasteiger partial charge >= 0.3 is 0 Å². The predicted molar refractivity (Wildman–Crippen MR) is 103 cm³/mol. The Kier molecular flexibility index (Phi) is 5.05. The van der Waals surface area contributed by atoms with Crippen molar-refractivity contribution in [1.82, 2.24) is 34.8 Å². The Hall–Kier alpha value is -3.62. The van der Waals surface area contributed by atoms with Crippen molar-refractivity contribution in [3.63, 3.8) is 0 Å². The summed E-state index contributed by atoms with van der Waals surface area (Å²) in [6, 6.07) is 1.79. The molecule has 4 rings (SSSR count). The van der Waals surface area contributed by atoms with Crippen LogP contribution in [-0.2, 0) is 4.79 Å². The fraction of sp³-hybridized carbons (Fsp3) is 0.263. The number of aromatic nitrogens is 6. The molecule has 0 saturated carbocycles. The largest absolute Gasteiger partial charge is 0.345 e. The number of carbonyl (C=O) groups excluding carboxylic acids is 1. The van der Waals surface area contributed by atoms with Crippen LogP contribution in [0.3, 0.4) is 0 Å². The number of aryl methyl sites for hydroxylation is 1. The standard InChI is InChI=1S/C19H20N8O/c1-13-24-15(9-17(25-13)26-18-11-20-6-7-22-18)16-3-2-8-27(16)19(28)5-4-14-10-21-12-23-14/h4-7,9-12,16H,2-3,8H2,1H3,(H,21,23)(H,22,24,25,26)/b5-4+. The molecule has 9 nitrogen and oxygen atoms in total. The van der Waals surface area contributed by atoms with Crippen LogP contribution in [0.1, 0.15) is 36.1 Å². The van der Waals surface area contributed by atoms with Crippen molar-refractivity contribution in [2.24, 2.45) is 0 Å². The van der Waals surface area contributed by atoms with Gasteiger partial charge in [0.05, 0.1) is 36.2 Å². The summed E-state index contributed by atoms with van der Waals surface area (Å²) in [5, 5.41) is 3.14. The Morgan fingerprint density at radius 3 is 2.96 bits per heavy atom. The number of nitrogens with one attached hydrogen (secondary N) is 2. The highest BCUT2D eigenvalue weighted by atomic mass is 16.2. The molecule has 1 aliphatic rings. The maximum atomic E-state index is 12.7. The van der Waals surface area contributed by atoms with Gasteiger partial charge in [-0.3, -0.25) is 9.78 Å². The first-order chi connectivity index (χ1) is 13.7. The van der Waals surface area contributed by atoms with Gasteiger partial charge in [0.15, 0.2) is 0 Å². The van der Waals surface area contributed by atoms with Crippen LogP contribution >= 0.6 is 0 Å². The molecule has 9 heteroatoms. The van der Waals surface area contributed by atoms with Crippen LogP contribution in [-0.4, -0.2) is 47.3 Å². The minimum Gasteiger partial charge on any atom is -0.345 e. The maximum absolute atomic E-state index is 12.7. The van der Waals surface area contributed by atoms with Crippen molar-refractivity contribution >= 4 is 23.6 Å². The fourth-order valence-electron chi connectivity index (χ4n) is 3.27. The van der Waals surface area contributed by atoms with E-state index in [2.05, 4.69) is 35.2 Å². The van der Waals surface area contributed by atoms with Crippen molar-refractivity contribution in [1.29, 1.82) is 0 Å². The number of nitrogens with zero attached hydrogens (tertiary/aromatic N) is 6. The van der Waals surface area contributed by atoms with Gasteiger partial charge in [-0.15, -0.1) is 0 Å². The minimum absolute atomic E-state index is 0.0446. The van der Waals surface area contributed by atoms with Crippen molar-refractivity contribution in [3.8, 4) is 0 Å². The van der Waals surface area contributed by atoms with Gasteiger partial charge in [-0.25, -0.2) is 19.9 Å². The van der Waals surface area contributed by atoms with Crippen molar-refractivity contribution < 1.29 is 4.79 Å². The Morgan fingerprint density at radius 2 is 2.18 bits per heavy atom. The summed E-state index contributed by atoms with van der Waals surface area (Å²) in [5.74, 6) is 1.83. The normalized spacial score (nSPS) is 16.6. The summed E-state index contributed by atoms with van der Waals surface area (Å²) in [5.41, 5.74) is 1.61. The van der Waals surface area contributed by atoms with Gasteiger partial charge in [-0.05, 0) is 25.8 Å². The van der Waals surface area contributed by atoms with Crippen LogP contribution in [0.5, 0.6) is 0 Å². The van der Waals surface area contributed by atoms with Crippen LogP contribution in [0.4, 0.5) is 11.6 Å². The molecule has 1 amide bonds. The summed E-state index contributed by atoms with van der Waals surface area (Å²) in [6.45, 7) is 2.54.